The highest BCUT2D eigenvalue weighted by Crippen LogP contribution is 2.35. The largest absolute Gasteiger partial charge is 0.481 e. The molecule has 0 spiro atoms. The molecule has 0 aromatic heterocycles. The van der Waals surface area contributed by atoms with Crippen molar-refractivity contribution in [2.45, 2.75) is 39.5 Å². The Hall–Kier alpha value is -1.10. The second-order valence-electron chi connectivity index (χ2n) is 4.77. The zero-order valence-electron chi connectivity index (χ0n) is 11.3. The molecular weight excluding hydrogens is 234 g/mol. The Bertz CT molecular complexity index is 295. The van der Waals surface area contributed by atoms with Gasteiger partial charge in [0, 0.05) is 19.7 Å². The fraction of sp³-hybridized carbons (Fsp3) is 0.846. The molecule has 0 unspecified atom stereocenters. The lowest BCUT2D eigenvalue weighted by atomic mass is 9.76. The van der Waals surface area contributed by atoms with Crippen molar-refractivity contribution in [2.75, 3.05) is 26.3 Å². The third kappa shape index (κ3) is 3.45. The van der Waals surface area contributed by atoms with E-state index >= 15 is 0 Å². The summed E-state index contributed by atoms with van der Waals surface area (Å²) in [6.07, 6.45) is 2.13. The molecule has 1 fully saturated rings. The lowest BCUT2D eigenvalue weighted by Crippen LogP contribution is -2.46. The van der Waals surface area contributed by atoms with E-state index in [1.165, 1.54) is 0 Å². The molecule has 0 aromatic rings. The highest BCUT2D eigenvalue weighted by Gasteiger charge is 2.40. The van der Waals surface area contributed by atoms with Crippen molar-refractivity contribution < 1.29 is 19.4 Å². The predicted octanol–water partition coefficient (Wildman–Crippen LogP) is 1.52. The highest BCUT2D eigenvalue weighted by molar-refractivity contribution is 5.78. The molecule has 5 nitrogen and oxygen atoms in total. The molecule has 0 radical (unpaired) electrons. The summed E-state index contributed by atoms with van der Waals surface area (Å²) >= 11 is 0. The smallest absolute Gasteiger partial charge is 0.309 e. The van der Waals surface area contributed by atoms with Crippen molar-refractivity contribution in [2.24, 2.45) is 5.41 Å². The summed E-state index contributed by atoms with van der Waals surface area (Å²) in [5.74, 6) is -0.662. The molecule has 0 saturated carbocycles. The second-order valence-corrected chi connectivity index (χ2v) is 4.77. The Morgan fingerprint density at radius 1 is 1.28 bits per heavy atom. The highest BCUT2D eigenvalue weighted by atomic mass is 16.5. The van der Waals surface area contributed by atoms with Gasteiger partial charge in [-0.15, -0.1) is 0 Å². The summed E-state index contributed by atoms with van der Waals surface area (Å²) in [6, 6.07) is 0. The van der Waals surface area contributed by atoms with Gasteiger partial charge in [0.2, 0.25) is 5.91 Å². The number of nitrogens with zero attached hydrogens (tertiary/aromatic N) is 1. The van der Waals surface area contributed by atoms with Crippen LogP contribution in [0, 0.1) is 5.41 Å². The van der Waals surface area contributed by atoms with Crippen LogP contribution in [-0.4, -0.2) is 48.2 Å². The molecule has 1 N–H and O–H groups in total. The molecule has 0 aliphatic carbocycles. The maximum absolute atomic E-state index is 11.8. The van der Waals surface area contributed by atoms with E-state index in [1.807, 2.05) is 13.8 Å². The molecule has 1 saturated heterocycles. The fourth-order valence-corrected chi connectivity index (χ4v) is 2.36. The number of carboxylic acid groups (broad SMARTS) is 1. The number of rotatable bonds is 6. The first-order chi connectivity index (χ1) is 8.55. The number of carbonyl (C=O) groups excluding carboxylic acids is 1. The Morgan fingerprint density at radius 2 is 1.89 bits per heavy atom. The second kappa shape index (κ2) is 6.73. The minimum atomic E-state index is -0.730. The third-order valence-electron chi connectivity index (χ3n) is 3.87. The molecular formula is C13H23NO4. The van der Waals surface area contributed by atoms with E-state index < -0.39 is 11.4 Å². The zero-order chi connectivity index (χ0) is 13.6. The van der Waals surface area contributed by atoms with E-state index in [4.69, 9.17) is 4.74 Å². The summed E-state index contributed by atoms with van der Waals surface area (Å²) in [7, 11) is 0. The SMILES string of the molecule is CCOCCC(=O)N1CCC(CC)(C(=O)O)CC1. The Balaban J connectivity index is 2.43. The molecule has 0 aromatic carbocycles. The zero-order valence-corrected chi connectivity index (χ0v) is 11.3. The number of carbonyl (C=O) groups is 2. The lowest BCUT2D eigenvalue weighted by Gasteiger charge is -2.38. The summed E-state index contributed by atoms with van der Waals surface area (Å²) < 4.78 is 5.15. The summed E-state index contributed by atoms with van der Waals surface area (Å²) in [5, 5.41) is 9.26. The van der Waals surface area contributed by atoms with E-state index in [1.54, 1.807) is 4.90 Å². The summed E-state index contributed by atoms with van der Waals surface area (Å²) in [5.41, 5.74) is -0.628. The average molecular weight is 257 g/mol. The van der Waals surface area contributed by atoms with E-state index in [2.05, 4.69) is 0 Å². The van der Waals surface area contributed by atoms with Crippen LogP contribution < -0.4 is 0 Å². The molecule has 1 rings (SSSR count). The first kappa shape index (κ1) is 15.0. The third-order valence-corrected chi connectivity index (χ3v) is 3.87. The molecule has 18 heavy (non-hydrogen) atoms. The van der Waals surface area contributed by atoms with Gasteiger partial charge in [0.25, 0.3) is 0 Å². The van der Waals surface area contributed by atoms with Gasteiger partial charge in [0.05, 0.1) is 18.4 Å². The van der Waals surface area contributed by atoms with Crippen LogP contribution in [0.2, 0.25) is 0 Å². The van der Waals surface area contributed by atoms with Crippen LogP contribution in [0.15, 0.2) is 0 Å². The minimum Gasteiger partial charge on any atom is -0.481 e. The molecule has 0 bridgehead atoms. The van der Waals surface area contributed by atoms with E-state index in [0.717, 1.165) is 0 Å². The minimum absolute atomic E-state index is 0.0681. The Labute approximate surface area is 108 Å². The first-order valence-corrected chi connectivity index (χ1v) is 6.64. The van der Waals surface area contributed by atoms with Gasteiger partial charge in [0.15, 0.2) is 0 Å². The van der Waals surface area contributed by atoms with Crippen LogP contribution in [0.3, 0.4) is 0 Å². The quantitative estimate of drug-likeness (QED) is 0.732. The monoisotopic (exact) mass is 257 g/mol. The standard InChI is InChI=1S/C13H23NO4/c1-3-13(12(16)17)6-8-14(9-7-13)11(15)5-10-18-4-2/h3-10H2,1-2H3,(H,16,17). The van der Waals surface area contributed by atoms with Gasteiger partial charge in [-0.3, -0.25) is 9.59 Å². The maximum Gasteiger partial charge on any atom is 0.309 e. The molecule has 1 heterocycles. The molecule has 1 aliphatic rings. The van der Waals surface area contributed by atoms with Gasteiger partial charge in [0.1, 0.15) is 0 Å². The first-order valence-electron chi connectivity index (χ1n) is 6.64. The van der Waals surface area contributed by atoms with Crippen molar-refractivity contribution in [1.29, 1.82) is 0 Å². The van der Waals surface area contributed by atoms with Crippen LogP contribution in [-0.2, 0) is 14.3 Å². The number of ether oxygens (including phenoxy) is 1. The molecule has 5 heteroatoms. The van der Waals surface area contributed by atoms with Crippen molar-refractivity contribution in [1.82, 2.24) is 4.90 Å². The Kier molecular flexibility index (Phi) is 5.59. The summed E-state index contributed by atoms with van der Waals surface area (Å²) in [4.78, 5) is 24.9. The topological polar surface area (TPSA) is 66.8 Å². The van der Waals surface area contributed by atoms with Gasteiger partial charge >= 0.3 is 5.97 Å². The van der Waals surface area contributed by atoms with Gasteiger partial charge in [-0.1, -0.05) is 6.92 Å². The molecule has 104 valence electrons. The molecule has 1 amide bonds. The van der Waals surface area contributed by atoms with Gasteiger partial charge in [-0.25, -0.2) is 0 Å². The lowest BCUT2D eigenvalue weighted by molar-refractivity contribution is -0.154. The number of amides is 1. The van der Waals surface area contributed by atoms with Gasteiger partial charge in [-0.05, 0) is 26.2 Å². The number of carboxylic acids is 1. The van der Waals surface area contributed by atoms with Crippen LogP contribution in [0.4, 0.5) is 0 Å². The number of hydrogen-bond acceptors (Lipinski definition) is 3. The van der Waals surface area contributed by atoms with Crippen LogP contribution in [0.1, 0.15) is 39.5 Å². The predicted molar refractivity (Wildman–Crippen MR) is 67.3 cm³/mol. The number of piperidine rings is 1. The number of likely N-dealkylation sites (tertiary alicyclic amines) is 1. The Morgan fingerprint density at radius 3 is 2.33 bits per heavy atom. The van der Waals surface area contributed by atoms with Gasteiger partial charge in [-0.2, -0.15) is 0 Å². The van der Waals surface area contributed by atoms with Crippen LogP contribution in [0.25, 0.3) is 0 Å². The summed E-state index contributed by atoms with van der Waals surface area (Å²) in [6.45, 7) is 5.96. The number of aliphatic carboxylic acids is 1. The molecule has 0 atom stereocenters. The normalized spacial score (nSPS) is 18.7. The van der Waals surface area contributed by atoms with E-state index in [0.29, 0.717) is 52.0 Å². The van der Waals surface area contributed by atoms with Crippen molar-refractivity contribution in [3.8, 4) is 0 Å². The van der Waals surface area contributed by atoms with Crippen LogP contribution >= 0.6 is 0 Å². The van der Waals surface area contributed by atoms with Crippen molar-refractivity contribution >= 4 is 11.9 Å². The van der Waals surface area contributed by atoms with E-state index in [9.17, 15) is 14.7 Å². The molecule has 1 aliphatic heterocycles. The van der Waals surface area contributed by atoms with Gasteiger partial charge < -0.3 is 14.7 Å². The van der Waals surface area contributed by atoms with Crippen LogP contribution in [0.5, 0.6) is 0 Å². The van der Waals surface area contributed by atoms with Crippen molar-refractivity contribution in [3.63, 3.8) is 0 Å². The number of hydrogen-bond donors (Lipinski definition) is 1. The fourth-order valence-electron chi connectivity index (χ4n) is 2.36. The maximum atomic E-state index is 11.8. The van der Waals surface area contributed by atoms with E-state index in [-0.39, 0.29) is 5.91 Å². The average Bonchev–Trinajstić information content (AvgIpc) is 2.38. The van der Waals surface area contributed by atoms with Crippen molar-refractivity contribution in [3.05, 3.63) is 0 Å².